The summed E-state index contributed by atoms with van der Waals surface area (Å²) in [7, 11) is 0. The van der Waals surface area contributed by atoms with E-state index in [1.165, 1.54) is 4.88 Å². The SMILES string of the molecule is CCN1CCC[C@@](O)(c2nc(C)c(CCOc3ccccc3Cl)s2)CC1. The van der Waals surface area contributed by atoms with Gasteiger partial charge in [-0.15, -0.1) is 11.3 Å². The Kier molecular flexibility index (Phi) is 6.56. The van der Waals surface area contributed by atoms with E-state index in [9.17, 15) is 5.11 Å². The number of benzene rings is 1. The molecule has 0 aliphatic carbocycles. The molecule has 0 spiro atoms. The van der Waals surface area contributed by atoms with Gasteiger partial charge in [-0.1, -0.05) is 30.7 Å². The predicted octanol–water partition coefficient (Wildman–Crippen LogP) is 4.42. The molecule has 0 saturated carbocycles. The van der Waals surface area contributed by atoms with Crippen LogP contribution in [-0.2, 0) is 12.0 Å². The normalized spacial score (nSPS) is 21.5. The minimum absolute atomic E-state index is 0.550. The average molecular weight is 395 g/mol. The van der Waals surface area contributed by atoms with Gasteiger partial charge < -0.3 is 14.7 Å². The number of nitrogens with zero attached hydrogens (tertiary/aromatic N) is 2. The van der Waals surface area contributed by atoms with Crippen molar-refractivity contribution in [1.82, 2.24) is 9.88 Å². The zero-order chi connectivity index (χ0) is 18.6. The van der Waals surface area contributed by atoms with Gasteiger partial charge in [0, 0.05) is 17.8 Å². The van der Waals surface area contributed by atoms with Gasteiger partial charge in [0.25, 0.3) is 0 Å². The van der Waals surface area contributed by atoms with Crippen LogP contribution in [0.4, 0.5) is 0 Å². The van der Waals surface area contributed by atoms with Crippen LogP contribution in [0.25, 0.3) is 0 Å². The lowest BCUT2D eigenvalue weighted by Gasteiger charge is -2.24. The van der Waals surface area contributed by atoms with Crippen LogP contribution in [0.2, 0.25) is 5.02 Å². The van der Waals surface area contributed by atoms with Gasteiger partial charge >= 0.3 is 0 Å². The van der Waals surface area contributed by atoms with Gasteiger partial charge in [-0.3, -0.25) is 0 Å². The first-order valence-electron chi connectivity index (χ1n) is 9.30. The molecule has 1 aromatic carbocycles. The summed E-state index contributed by atoms with van der Waals surface area (Å²) in [5.74, 6) is 0.707. The fourth-order valence-corrected chi connectivity index (χ4v) is 4.76. The quantitative estimate of drug-likeness (QED) is 0.787. The molecule has 1 aliphatic heterocycles. The summed E-state index contributed by atoms with van der Waals surface area (Å²) in [6.45, 7) is 7.77. The number of rotatable bonds is 6. The molecule has 2 aromatic rings. The van der Waals surface area contributed by atoms with E-state index in [-0.39, 0.29) is 0 Å². The topological polar surface area (TPSA) is 45.6 Å². The Labute approximate surface area is 164 Å². The van der Waals surface area contributed by atoms with E-state index < -0.39 is 5.60 Å². The van der Waals surface area contributed by atoms with E-state index in [1.54, 1.807) is 11.3 Å². The molecule has 142 valence electrons. The third-order valence-electron chi connectivity index (χ3n) is 5.07. The molecule has 0 bridgehead atoms. The maximum Gasteiger partial charge on any atom is 0.137 e. The second-order valence-corrected chi connectivity index (χ2v) is 8.37. The average Bonchev–Trinajstić information content (AvgIpc) is 2.89. The smallest absolute Gasteiger partial charge is 0.137 e. The Bertz CT molecular complexity index is 736. The van der Waals surface area contributed by atoms with Crippen LogP contribution in [0, 0.1) is 6.92 Å². The summed E-state index contributed by atoms with van der Waals surface area (Å²) in [5.41, 5.74) is 0.207. The number of aromatic nitrogens is 1. The van der Waals surface area contributed by atoms with E-state index in [4.69, 9.17) is 21.3 Å². The second-order valence-electron chi connectivity index (χ2n) is 6.88. The van der Waals surface area contributed by atoms with Crippen molar-refractivity contribution in [2.75, 3.05) is 26.2 Å². The number of hydrogen-bond donors (Lipinski definition) is 1. The van der Waals surface area contributed by atoms with Gasteiger partial charge in [0.05, 0.1) is 17.3 Å². The fraction of sp³-hybridized carbons (Fsp3) is 0.550. The molecule has 1 atom stereocenters. The minimum atomic E-state index is -0.790. The summed E-state index contributed by atoms with van der Waals surface area (Å²) >= 11 is 7.76. The maximum atomic E-state index is 11.2. The Balaban J connectivity index is 1.64. The Morgan fingerprint density at radius 2 is 2.12 bits per heavy atom. The third kappa shape index (κ3) is 4.58. The van der Waals surface area contributed by atoms with Crippen molar-refractivity contribution in [2.45, 2.75) is 45.1 Å². The number of ether oxygens (including phenoxy) is 1. The maximum absolute atomic E-state index is 11.2. The van der Waals surface area contributed by atoms with Crippen LogP contribution in [-0.4, -0.2) is 41.2 Å². The molecule has 1 aliphatic rings. The molecule has 1 saturated heterocycles. The summed E-state index contributed by atoms with van der Waals surface area (Å²) in [6, 6.07) is 7.51. The van der Waals surface area contributed by atoms with E-state index >= 15 is 0 Å². The lowest BCUT2D eigenvalue weighted by molar-refractivity contribution is 0.0210. The fourth-order valence-electron chi connectivity index (χ4n) is 3.38. The lowest BCUT2D eigenvalue weighted by Crippen LogP contribution is -2.29. The molecule has 4 nitrogen and oxygen atoms in total. The van der Waals surface area contributed by atoms with Crippen LogP contribution in [0.1, 0.15) is 41.8 Å². The van der Waals surface area contributed by atoms with Crippen molar-refractivity contribution < 1.29 is 9.84 Å². The number of aliphatic hydroxyl groups is 1. The van der Waals surface area contributed by atoms with Gasteiger partial charge in [-0.25, -0.2) is 4.98 Å². The first-order chi connectivity index (χ1) is 12.5. The number of para-hydroxylation sites is 1. The van der Waals surface area contributed by atoms with E-state index in [2.05, 4.69) is 11.8 Å². The Hall–Kier alpha value is -1.14. The van der Waals surface area contributed by atoms with Crippen LogP contribution in [0.3, 0.4) is 0 Å². The molecule has 6 heteroatoms. The molecule has 1 N–H and O–H groups in total. The van der Waals surface area contributed by atoms with Gasteiger partial charge in [0.1, 0.15) is 16.4 Å². The molecule has 3 rings (SSSR count). The van der Waals surface area contributed by atoms with Crippen LogP contribution < -0.4 is 4.74 Å². The van der Waals surface area contributed by atoms with Crippen LogP contribution >= 0.6 is 22.9 Å². The number of halogens is 1. The van der Waals surface area contributed by atoms with Crippen molar-refractivity contribution in [3.8, 4) is 5.75 Å². The van der Waals surface area contributed by atoms with Crippen LogP contribution in [0.15, 0.2) is 24.3 Å². The number of thiazole rings is 1. The number of aryl methyl sites for hydroxylation is 1. The van der Waals surface area contributed by atoms with E-state index in [0.29, 0.717) is 17.4 Å². The Morgan fingerprint density at radius 1 is 1.31 bits per heavy atom. The first-order valence-corrected chi connectivity index (χ1v) is 10.5. The highest BCUT2D eigenvalue weighted by Crippen LogP contribution is 2.36. The zero-order valence-corrected chi connectivity index (χ0v) is 17.1. The zero-order valence-electron chi connectivity index (χ0n) is 15.5. The van der Waals surface area contributed by atoms with Gasteiger partial charge in [0.15, 0.2) is 0 Å². The summed E-state index contributed by atoms with van der Waals surface area (Å²) in [6.07, 6.45) is 3.31. The number of likely N-dealkylation sites (tertiary alicyclic amines) is 1. The minimum Gasteiger partial charge on any atom is -0.492 e. The number of hydrogen-bond acceptors (Lipinski definition) is 5. The first kappa shape index (κ1) is 19.6. The molecule has 0 radical (unpaired) electrons. The molecular formula is C20H27ClN2O2S. The molecule has 26 heavy (non-hydrogen) atoms. The Morgan fingerprint density at radius 3 is 2.88 bits per heavy atom. The molecule has 1 fully saturated rings. The van der Waals surface area contributed by atoms with Crippen molar-refractivity contribution >= 4 is 22.9 Å². The van der Waals surface area contributed by atoms with E-state index in [1.807, 2.05) is 31.2 Å². The largest absolute Gasteiger partial charge is 0.492 e. The molecule has 1 aromatic heterocycles. The lowest BCUT2D eigenvalue weighted by atomic mass is 9.96. The molecule has 0 amide bonds. The summed E-state index contributed by atoms with van der Waals surface area (Å²) in [5, 5.41) is 12.7. The molecule has 2 heterocycles. The van der Waals surface area contributed by atoms with Gasteiger partial charge in [0.2, 0.25) is 0 Å². The highest BCUT2D eigenvalue weighted by atomic mass is 35.5. The standard InChI is InChI=1S/C20H27ClN2O2S/c1-3-23-12-6-10-20(24,11-13-23)19-22-15(2)18(26-19)9-14-25-17-8-5-4-7-16(17)21/h4-5,7-8,24H,3,6,9-14H2,1-2H3/t20-/m0/s1. The van der Waals surface area contributed by atoms with Crippen LogP contribution in [0.5, 0.6) is 5.75 Å². The second kappa shape index (κ2) is 8.70. The predicted molar refractivity (Wildman–Crippen MR) is 107 cm³/mol. The summed E-state index contributed by atoms with van der Waals surface area (Å²) < 4.78 is 5.80. The highest BCUT2D eigenvalue weighted by Gasteiger charge is 2.35. The van der Waals surface area contributed by atoms with Crippen molar-refractivity contribution in [1.29, 1.82) is 0 Å². The molecular weight excluding hydrogens is 368 g/mol. The van der Waals surface area contributed by atoms with E-state index in [0.717, 1.165) is 56.0 Å². The highest BCUT2D eigenvalue weighted by molar-refractivity contribution is 7.11. The van der Waals surface area contributed by atoms with Crippen molar-refractivity contribution in [3.63, 3.8) is 0 Å². The van der Waals surface area contributed by atoms with Gasteiger partial charge in [-0.05, 0) is 51.4 Å². The summed E-state index contributed by atoms with van der Waals surface area (Å²) in [4.78, 5) is 8.29. The van der Waals surface area contributed by atoms with Crippen molar-refractivity contribution in [2.24, 2.45) is 0 Å². The molecule has 0 unspecified atom stereocenters. The third-order valence-corrected chi connectivity index (χ3v) is 6.79. The van der Waals surface area contributed by atoms with Gasteiger partial charge in [-0.2, -0.15) is 0 Å². The monoisotopic (exact) mass is 394 g/mol. The van der Waals surface area contributed by atoms with Crippen molar-refractivity contribution in [3.05, 3.63) is 44.9 Å².